The minimum absolute atomic E-state index is 0.0556. The molecule has 3 heterocycles. The Morgan fingerprint density at radius 1 is 1.11 bits per heavy atom. The van der Waals surface area contributed by atoms with Crippen molar-refractivity contribution in [2.24, 2.45) is 0 Å². The van der Waals surface area contributed by atoms with Gasteiger partial charge in [0.25, 0.3) is 10.0 Å². The highest BCUT2D eigenvalue weighted by Crippen LogP contribution is 2.31. The van der Waals surface area contributed by atoms with Gasteiger partial charge in [0, 0.05) is 23.3 Å². The first kappa shape index (κ1) is 17.4. The van der Waals surface area contributed by atoms with Gasteiger partial charge in [-0.2, -0.15) is 0 Å². The van der Waals surface area contributed by atoms with Gasteiger partial charge in [-0.3, -0.25) is 4.72 Å². The first-order valence-corrected chi connectivity index (χ1v) is 9.67. The van der Waals surface area contributed by atoms with Crippen molar-refractivity contribution in [3.05, 3.63) is 71.9 Å². The zero-order chi connectivity index (χ0) is 19.0. The van der Waals surface area contributed by atoms with Crippen molar-refractivity contribution < 1.29 is 12.8 Å². The molecule has 6 nitrogen and oxygen atoms in total. The third-order valence-corrected chi connectivity index (χ3v) is 5.48. The fourth-order valence-corrected chi connectivity index (χ4v) is 3.91. The molecule has 0 bridgehead atoms. The standard InChI is InChI=1S/C18H12ClFN4O2S/c19-16-8-11(15-10-22-18-14(15)2-1-7-21-18)9-17(23-16)24-27(25,26)13-5-3-12(20)4-6-13/h1-10H,(H,21,22)(H,23,24). The molecule has 9 heteroatoms. The number of aromatic nitrogens is 3. The van der Waals surface area contributed by atoms with Gasteiger partial charge >= 0.3 is 0 Å². The summed E-state index contributed by atoms with van der Waals surface area (Å²) >= 11 is 6.09. The molecule has 0 aliphatic rings. The van der Waals surface area contributed by atoms with Crippen LogP contribution in [0.15, 0.2) is 65.8 Å². The highest BCUT2D eigenvalue weighted by atomic mass is 35.5. The molecule has 0 saturated carbocycles. The molecule has 136 valence electrons. The van der Waals surface area contributed by atoms with E-state index >= 15 is 0 Å². The molecule has 0 saturated heterocycles. The average molecular weight is 403 g/mol. The summed E-state index contributed by atoms with van der Waals surface area (Å²) in [7, 11) is -3.93. The van der Waals surface area contributed by atoms with E-state index in [-0.39, 0.29) is 15.9 Å². The first-order chi connectivity index (χ1) is 12.9. The Bertz CT molecular complexity index is 1240. The van der Waals surface area contributed by atoms with Crippen LogP contribution < -0.4 is 4.72 Å². The summed E-state index contributed by atoms with van der Waals surface area (Å²) in [5.41, 5.74) is 2.18. The maximum Gasteiger partial charge on any atom is 0.263 e. The molecule has 0 aliphatic heterocycles. The summed E-state index contributed by atoms with van der Waals surface area (Å²) in [6.07, 6.45) is 3.44. The fraction of sp³-hybridized carbons (Fsp3) is 0. The van der Waals surface area contributed by atoms with Crippen molar-refractivity contribution in [2.75, 3.05) is 4.72 Å². The van der Waals surface area contributed by atoms with Crippen molar-refractivity contribution in [3.8, 4) is 11.1 Å². The predicted octanol–water partition coefficient (Wildman–Crippen LogP) is 4.22. The molecular weight excluding hydrogens is 391 g/mol. The number of nitrogens with one attached hydrogen (secondary N) is 2. The molecule has 3 aromatic heterocycles. The van der Waals surface area contributed by atoms with Crippen molar-refractivity contribution in [1.29, 1.82) is 0 Å². The van der Waals surface area contributed by atoms with Crippen LogP contribution in [0, 0.1) is 5.82 Å². The summed E-state index contributed by atoms with van der Waals surface area (Å²) < 4.78 is 40.4. The molecule has 4 aromatic rings. The lowest BCUT2D eigenvalue weighted by Crippen LogP contribution is -2.14. The van der Waals surface area contributed by atoms with E-state index in [4.69, 9.17) is 11.6 Å². The van der Waals surface area contributed by atoms with E-state index in [2.05, 4.69) is 19.7 Å². The van der Waals surface area contributed by atoms with E-state index in [1.165, 1.54) is 12.1 Å². The number of benzene rings is 1. The van der Waals surface area contributed by atoms with Crippen LogP contribution in [0.4, 0.5) is 10.2 Å². The number of fused-ring (bicyclic) bond motifs is 1. The normalized spacial score (nSPS) is 11.6. The van der Waals surface area contributed by atoms with Gasteiger partial charge in [0.2, 0.25) is 0 Å². The number of H-pyrrole nitrogens is 1. The minimum Gasteiger partial charge on any atom is -0.346 e. The maximum atomic E-state index is 13.0. The predicted molar refractivity (Wildman–Crippen MR) is 102 cm³/mol. The third-order valence-electron chi connectivity index (χ3n) is 3.92. The third kappa shape index (κ3) is 3.49. The van der Waals surface area contributed by atoms with Gasteiger partial charge < -0.3 is 4.98 Å². The van der Waals surface area contributed by atoms with E-state index in [0.29, 0.717) is 11.2 Å². The lowest BCUT2D eigenvalue weighted by Gasteiger charge is -2.09. The average Bonchev–Trinajstić information content (AvgIpc) is 3.05. The van der Waals surface area contributed by atoms with Crippen LogP contribution in [0.1, 0.15) is 0 Å². The van der Waals surface area contributed by atoms with Crippen LogP contribution in [0.5, 0.6) is 0 Å². The smallest absolute Gasteiger partial charge is 0.263 e. The molecule has 4 rings (SSSR count). The van der Waals surface area contributed by atoms with Crippen LogP contribution in [-0.2, 0) is 10.0 Å². The zero-order valence-corrected chi connectivity index (χ0v) is 15.2. The van der Waals surface area contributed by atoms with Gasteiger partial charge in [0.1, 0.15) is 22.4 Å². The highest BCUT2D eigenvalue weighted by Gasteiger charge is 2.17. The lowest BCUT2D eigenvalue weighted by atomic mass is 10.1. The molecule has 0 amide bonds. The molecule has 0 aliphatic carbocycles. The Morgan fingerprint density at radius 3 is 2.67 bits per heavy atom. The maximum absolute atomic E-state index is 13.0. The summed E-state index contributed by atoms with van der Waals surface area (Å²) in [5.74, 6) is -0.467. The molecule has 27 heavy (non-hydrogen) atoms. The Morgan fingerprint density at radius 2 is 1.89 bits per heavy atom. The number of hydrogen-bond acceptors (Lipinski definition) is 4. The number of sulfonamides is 1. The van der Waals surface area contributed by atoms with Gasteiger partial charge in [0.05, 0.1) is 4.90 Å². The van der Waals surface area contributed by atoms with Crippen LogP contribution in [0.2, 0.25) is 5.15 Å². The molecule has 0 fully saturated rings. The fourth-order valence-electron chi connectivity index (χ4n) is 2.71. The van der Waals surface area contributed by atoms with Crippen molar-refractivity contribution in [2.45, 2.75) is 4.90 Å². The second-order valence-corrected chi connectivity index (χ2v) is 7.79. The number of rotatable bonds is 4. The molecule has 1 aromatic carbocycles. The van der Waals surface area contributed by atoms with Gasteiger partial charge in [0.15, 0.2) is 0 Å². The van der Waals surface area contributed by atoms with Crippen molar-refractivity contribution in [3.63, 3.8) is 0 Å². The van der Waals surface area contributed by atoms with E-state index in [1.54, 1.807) is 30.6 Å². The van der Waals surface area contributed by atoms with Gasteiger partial charge in [-0.15, -0.1) is 0 Å². The number of aromatic amines is 1. The van der Waals surface area contributed by atoms with E-state index < -0.39 is 15.8 Å². The quantitative estimate of drug-likeness (QED) is 0.500. The highest BCUT2D eigenvalue weighted by molar-refractivity contribution is 7.92. The molecule has 0 atom stereocenters. The van der Waals surface area contributed by atoms with Gasteiger partial charge in [-0.05, 0) is 54.1 Å². The Labute approximate surface area is 159 Å². The SMILES string of the molecule is O=S(=O)(Nc1cc(-c2c[nH]c3ncccc23)cc(Cl)n1)c1ccc(F)cc1. The van der Waals surface area contributed by atoms with Crippen LogP contribution in [-0.4, -0.2) is 23.4 Å². The molecular formula is C18H12ClFN4O2S. The van der Waals surface area contributed by atoms with Gasteiger partial charge in [-0.25, -0.2) is 22.8 Å². The van der Waals surface area contributed by atoms with E-state index in [1.807, 2.05) is 6.07 Å². The summed E-state index contributed by atoms with van der Waals surface area (Å²) in [6, 6.07) is 11.4. The Kier molecular flexibility index (Phi) is 4.29. The topological polar surface area (TPSA) is 87.7 Å². The molecule has 0 radical (unpaired) electrons. The second kappa shape index (κ2) is 6.64. The Hall–Kier alpha value is -2.97. The van der Waals surface area contributed by atoms with Crippen LogP contribution in [0.3, 0.4) is 0 Å². The van der Waals surface area contributed by atoms with E-state index in [9.17, 15) is 12.8 Å². The largest absolute Gasteiger partial charge is 0.346 e. The van der Waals surface area contributed by atoms with Crippen LogP contribution >= 0.6 is 11.6 Å². The van der Waals surface area contributed by atoms with Crippen molar-refractivity contribution in [1.82, 2.24) is 15.0 Å². The lowest BCUT2D eigenvalue weighted by molar-refractivity contribution is 0.599. The van der Waals surface area contributed by atoms with Crippen molar-refractivity contribution >= 4 is 38.5 Å². The first-order valence-electron chi connectivity index (χ1n) is 7.81. The summed E-state index contributed by atoms with van der Waals surface area (Å²) in [5, 5.41) is 0.995. The second-order valence-electron chi connectivity index (χ2n) is 5.73. The monoisotopic (exact) mass is 402 g/mol. The number of halogens is 2. The zero-order valence-electron chi connectivity index (χ0n) is 13.6. The number of hydrogen-bond donors (Lipinski definition) is 2. The minimum atomic E-state index is -3.93. The van der Waals surface area contributed by atoms with Crippen LogP contribution in [0.25, 0.3) is 22.2 Å². The number of nitrogens with zero attached hydrogens (tertiary/aromatic N) is 2. The summed E-state index contributed by atoms with van der Waals surface area (Å²) in [6.45, 7) is 0. The molecule has 0 unspecified atom stereocenters. The Balaban J connectivity index is 1.74. The summed E-state index contributed by atoms with van der Waals surface area (Å²) in [4.78, 5) is 11.2. The molecule has 2 N–H and O–H groups in total. The van der Waals surface area contributed by atoms with Gasteiger partial charge in [-0.1, -0.05) is 11.6 Å². The molecule has 0 spiro atoms. The van der Waals surface area contributed by atoms with E-state index in [0.717, 1.165) is 23.1 Å². The number of pyridine rings is 2. The number of anilines is 1.